The molecule has 0 radical (unpaired) electrons. The largest absolute Gasteiger partial charge is 0.477 e. The maximum atomic E-state index is 12.9. The number of H-pyrrole nitrogens is 1. The lowest BCUT2D eigenvalue weighted by Gasteiger charge is -2.12. The molecule has 1 heterocycles. The third-order valence-corrected chi connectivity index (χ3v) is 3.01. The zero-order valence-electron chi connectivity index (χ0n) is 10.8. The number of aromatic carboxylic acids is 1. The lowest BCUT2D eigenvalue weighted by atomic mass is 9.99. The summed E-state index contributed by atoms with van der Waals surface area (Å²) in [5.41, 5.74) is -1.71. The molecule has 0 saturated heterocycles. The number of carbonyl (C=O) groups is 1. The molecule has 0 aliphatic carbocycles. The van der Waals surface area contributed by atoms with E-state index >= 15 is 0 Å². The van der Waals surface area contributed by atoms with Crippen molar-refractivity contribution in [1.82, 2.24) is 4.98 Å². The molecule has 0 saturated carbocycles. The summed E-state index contributed by atoms with van der Waals surface area (Å²) in [7, 11) is 0. The number of hydrogen-bond acceptors (Lipinski definition) is 2. The van der Waals surface area contributed by atoms with E-state index in [4.69, 9.17) is 5.11 Å². The van der Waals surface area contributed by atoms with Gasteiger partial charge in [0.2, 0.25) is 0 Å². The average molecular weight is 297 g/mol. The minimum atomic E-state index is -4.50. The Labute approximate surface area is 116 Å². The molecule has 4 nitrogen and oxygen atoms in total. The maximum Gasteiger partial charge on any atom is 0.416 e. The molecule has 0 fully saturated rings. The standard InChI is InChI=1S/C14H10F3NO3/c1-7-2-3-8(5-11(7)14(15,16)17)9-4-10(13(20)21)12(19)18-6-9/h2-6H,1H3,(H,18,19)(H,20,21). The van der Waals surface area contributed by atoms with Gasteiger partial charge in [-0.3, -0.25) is 4.79 Å². The van der Waals surface area contributed by atoms with Crippen LogP contribution < -0.4 is 5.56 Å². The molecule has 1 aromatic carbocycles. The molecule has 1 aromatic heterocycles. The van der Waals surface area contributed by atoms with E-state index in [0.717, 1.165) is 12.1 Å². The molecule has 2 N–H and O–H groups in total. The Morgan fingerprint density at radius 3 is 2.43 bits per heavy atom. The van der Waals surface area contributed by atoms with Gasteiger partial charge in [-0.2, -0.15) is 13.2 Å². The molecule has 0 unspecified atom stereocenters. The van der Waals surface area contributed by atoms with Crippen LogP contribution in [-0.4, -0.2) is 16.1 Å². The Kier molecular flexibility index (Phi) is 3.59. The molecule has 0 bridgehead atoms. The second-order valence-electron chi connectivity index (χ2n) is 4.46. The van der Waals surface area contributed by atoms with Crippen molar-refractivity contribution in [2.45, 2.75) is 13.1 Å². The Morgan fingerprint density at radius 2 is 1.86 bits per heavy atom. The van der Waals surface area contributed by atoms with Crippen molar-refractivity contribution >= 4 is 5.97 Å². The van der Waals surface area contributed by atoms with Crippen LogP contribution in [0, 0.1) is 6.92 Å². The first-order valence-corrected chi connectivity index (χ1v) is 5.84. The van der Waals surface area contributed by atoms with E-state index < -0.39 is 28.8 Å². The second-order valence-corrected chi connectivity index (χ2v) is 4.46. The Bertz CT molecular complexity index is 763. The number of carboxylic acid groups (broad SMARTS) is 1. The van der Waals surface area contributed by atoms with Gasteiger partial charge in [-0.05, 0) is 35.7 Å². The van der Waals surface area contributed by atoms with Crippen molar-refractivity contribution in [3.63, 3.8) is 0 Å². The van der Waals surface area contributed by atoms with Crippen LogP contribution in [0.3, 0.4) is 0 Å². The van der Waals surface area contributed by atoms with Crippen LogP contribution in [0.2, 0.25) is 0 Å². The highest BCUT2D eigenvalue weighted by Crippen LogP contribution is 2.34. The molecule has 110 valence electrons. The molecular weight excluding hydrogens is 287 g/mol. The predicted octanol–water partition coefficient (Wildman–Crippen LogP) is 3.07. The summed E-state index contributed by atoms with van der Waals surface area (Å²) >= 11 is 0. The third kappa shape index (κ3) is 2.96. The quantitative estimate of drug-likeness (QED) is 0.895. The van der Waals surface area contributed by atoms with Crippen molar-refractivity contribution < 1.29 is 23.1 Å². The van der Waals surface area contributed by atoms with Gasteiger partial charge in [-0.25, -0.2) is 4.79 Å². The first kappa shape index (κ1) is 14.8. The first-order valence-electron chi connectivity index (χ1n) is 5.84. The van der Waals surface area contributed by atoms with Gasteiger partial charge < -0.3 is 10.1 Å². The summed E-state index contributed by atoms with van der Waals surface area (Å²) in [5.74, 6) is -1.44. The Morgan fingerprint density at radius 1 is 1.19 bits per heavy atom. The minimum absolute atomic E-state index is 0.0640. The van der Waals surface area contributed by atoms with Crippen LogP contribution in [0.5, 0.6) is 0 Å². The Balaban J connectivity index is 2.61. The molecule has 0 aliphatic heterocycles. The molecule has 21 heavy (non-hydrogen) atoms. The number of carboxylic acids is 1. The van der Waals surface area contributed by atoms with Crippen molar-refractivity contribution in [1.29, 1.82) is 0 Å². The highest BCUT2D eigenvalue weighted by atomic mass is 19.4. The summed E-state index contributed by atoms with van der Waals surface area (Å²) in [6.45, 7) is 1.34. The van der Waals surface area contributed by atoms with E-state index in [9.17, 15) is 22.8 Å². The van der Waals surface area contributed by atoms with Gasteiger partial charge in [0, 0.05) is 6.20 Å². The van der Waals surface area contributed by atoms with E-state index in [1.165, 1.54) is 25.3 Å². The van der Waals surface area contributed by atoms with Crippen LogP contribution in [0.4, 0.5) is 13.2 Å². The molecule has 7 heteroatoms. The molecule has 0 aliphatic rings. The minimum Gasteiger partial charge on any atom is -0.477 e. The van der Waals surface area contributed by atoms with E-state index in [2.05, 4.69) is 4.98 Å². The summed E-state index contributed by atoms with van der Waals surface area (Å²) in [4.78, 5) is 24.4. The SMILES string of the molecule is Cc1ccc(-c2c[nH]c(=O)c(C(=O)O)c2)cc1C(F)(F)F. The van der Waals surface area contributed by atoms with Crippen molar-refractivity contribution in [3.8, 4) is 11.1 Å². The lowest BCUT2D eigenvalue weighted by molar-refractivity contribution is -0.138. The lowest BCUT2D eigenvalue weighted by Crippen LogP contribution is -2.16. The monoisotopic (exact) mass is 297 g/mol. The van der Waals surface area contributed by atoms with Gasteiger partial charge in [0.1, 0.15) is 5.56 Å². The van der Waals surface area contributed by atoms with Gasteiger partial charge in [-0.15, -0.1) is 0 Å². The van der Waals surface area contributed by atoms with E-state index in [1.807, 2.05) is 0 Å². The van der Waals surface area contributed by atoms with Gasteiger partial charge in [-0.1, -0.05) is 12.1 Å². The first-order chi connectivity index (χ1) is 9.70. The molecule has 2 aromatic rings. The van der Waals surface area contributed by atoms with Gasteiger partial charge in [0.15, 0.2) is 0 Å². The zero-order valence-corrected chi connectivity index (χ0v) is 10.8. The number of halogens is 3. The molecule has 0 amide bonds. The topological polar surface area (TPSA) is 70.2 Å². The highest BCUT2D eigenvalue weighted by Gasteiger charge is 2.32. The fourth-order valence-electron chi connectivity index (χ4n) is 1.92. The van der Waals surface area contributed by atoms with Crippen LogP contribution in [0.15, 0.2) is 35.3 Å². The number of aryl methyl sites for hydroxylation is 1. The normalized spacial score (nSPS) is 11.4. The summed E-state index contributed by atoms with van der Waals surface area (Å²) in [6, 6.07) is 4.70. The highest BCUT2D eigenvalue weighted by molar-refractivity contribution is 5.88. The third-order valence-electron chi connectivity index (χ3n) is 3.01. The number of nitrogens with one attached hydrogen (secondary N) is 1. The summed E-state index contributed by atoms with van der Waals surface area (Å²) in [5, 5.41) is 8.86. The van der Waals surface area contributed by atoms with Gasteiger partial charge >= 0.3 is 12.1 Å². The van der Waals surface area contributed by atoms with Crippen molar-refractivity contribution in [2.24, 2.45) is 0 Å². The molecule has 0 spiro atoms. The van der Waals surface area contributed by atoms with Crippen LogP contribution in [-0.2, 0) is 6.18 Å². The zero-order chi connectivity index (χ0) is 15.8. The number of aromatic amines is 1. The number of benzene rings is 1. The van der Waals surface area contributed by atoms with Crippen LogP contribution >= 0.6 is 0 Å². The number of hydrogen-bond donors (Lipinski definition) is 2. The summed E-state index contributed by atoms with van der Waals surface area (Å²) in [6.07, 6.45) is -3.32. The number of pyridine rings is 1. The van der Waals surface area contributed by atoms with Crippen molar-refractivity contribution in [3.05, 3.63) is 57.5 Å². The van der Waals surface area contributed by atoms with Crippen LogP contribution in [0.1, 0.15) is 21.5 Å². The van der Waals surface area contributed by atoms with Crippen molar-refractivity contribution in [2.75, 3.05) is 0 Å². The number of aromatic nitrogens is 1. The number of alkyl halides is 3. The fraction of sp³-hybridized carbons (Fsp3) is 0.143. The van der Waals surface area contributed by atoms with E-state index in [-0.39, 0.29) is 16.7 Å². The second kappa shape index (κ2) is 5.08. The maximum absolute atomic E-state index is 12.9. The Hall–Kier alpha value is -2.57. The van der Waals surface area contributed by atoms with Gasteiger partial charge in [0.25, 0.3) is 5.56 Å². The van der Waals surface area contributed by atoms with Crippen LogP contribution in [0.25, 0.3) is 11.1 Å². The fourth-order valence-corrected chi connectivity index (χ4v) is 1.92. The van der Waals surface area contributed by atoms with E-state index in [0.29, 0.717) is 0 Å². The number of rotatable bonds is 2. The predicted molar refractivity (Wildman–Crippen MR) is 69.2 cm³/mol. The summed E-state index contributed by atoms with van der Waals surface area (Å²) < 4.78 is 38.6. The molecular formula is C14H10F3NO3. The van der Waals surface area contributed by atoms with E-state index in [1.54, 1.807) is 0 Å². The molecule has 2 rings (SSSR count). The smallest absolute Gasteiger partial charge is 0.416 e. The average Bonchev–Trinajstić information content (AvgIpc) is 2.38. The van der Waals surface area contributed by atoms with Gasteiger partial charge in [0.05, 0.1) is 5.56 Å². The molecule has 0 atom stereocenters.